The summed E-state index contributed by atoms with van der Waals surface area (Å²) < 4.78 is 5.24. The van der Waals surface area contributed by atoms with Gasteiger partial charge in [-0.15, -0.1) is 0 Å². The van der Waals surface area contributed by atoms with E-state index < -0.39 is 11.9 Å². The summed E-state index contributed by atoms with van der Waals surface area (Å²) in [5.74, 6) is -2.05. The maximum atomic E-state index is 12.9. The number of carbonyl (C=O) groups is 4. The standard InChI is InChI=1S/C26H32N4O6/c1-5-30(6-2)12-11-27-26(35)24-15(3)21(28-16(24)4)14-19-18-13-17(7-8-20(18)29-25(19)34)36-23(33)10-9-22(31)32/h7-8,13-14,28H,5-6,9-12H2,1-4H3,(H,27,35)(H,29,34)(H,31,32)/b19-14-. The molecule has 10 heteroatoms. The second kappa shape index (κ2) is 11.7. The topological polar surface area (TPSA) is 141 Å². The molecule has 0 saturated carbocycles. The van der Waals surface area contributed by atoms with Gasteiger partial charge in [0, 0.05) is 35.7 Å². The molecule has 0 radical (unpaired) electrons. The van der Waals surface area contributed by atoms with E-state index in [1.807, 2.05) is 13.8 Å². The van der Waals surface area contributed by atoms with E-state index in [1.54, 1.807) is 18.2 Å². The summed E-state index contributed by atoms with van der Waals surface area (Å²) in [5, 5.41) is 14.5. The van der Waals surface area contributed by atoms with Crippen LogP contribution in [0.4, 0.5) is 5.69 Å². The summed E-state index contributed by atoms with van der Waals surface area (Å²) >= 11 is 0. The van der Waals surface area contributed by atoms with Crippen molar-refractivity contribution < 1.29 is 29.0 Å². The summed E-state index contributed by atoms with van der Waals surface area (Å²) in [4.78, 5) is 53.6. The number of aliphatic carboxylic acids is 1. The Hall–Kier alpha value is -3.92. The summed E-state index contributed by atoms with van der Waals surface area (Å²) in [6.45, 7) is 10.9. The Balaban J connectivity index is 1.81. The number of likely N-dealkylation sites (N-methyl/N-ethyl adjacent to an activating group) is 1. The number of ether oxygens (including phenoxy) is 1. The first-order valence-electron chi connectivity index (χ1n) is 11.9. The fraction of sp³-hybridized carbons (Fsp3) is 0.385. The molecule has 10 nitrogen and oxygen atoms in total. The van der Waals surface area contributed by atoms with Gasteiger partial charge in [-0.1, -0.05) is 13.8 Å². The minimum absolute atomic E-state index is 0.176. The van der Waals surface area contributed by atoms with Crippen LogP contribution in [0.3, 0.4) is 0 Å². The van der Waals surface area contributed by atoms with Gasteiger partial charge in [-0.2, -0.15) is 0 Å². The lowest BCUT2D eigenvalue weighted by Crippen LogP contribution is -2.35. The first-order valence-corrected chi connectivity index (χ1v) is 11.9. The predicted molar refractivity (Wildman–Crippen MR) is 136 cm³/mol. The summed E-state index contributed by atoms with van der Waals surface area (Å²) in [6, 6.07) is 4.71. The number of aryl methyl sites for hydroxylation is 1. The molecule has 1 aliphatic rings. The third kappa shape index (κ3) is 6.19. The van der Waals surface area contributed by atoms with Gasteiger partial charge in [0.15, 0.2) is 0 Å². The third-order valence-electron chi connectivity index (χ3n) is 6.15. The van der Waals surface area contributed by atoms with Crippen LogP contribution in [0.25, 0.3) is 11.6 Å². The minimum atomic E-state index is -1.09. The fourth-order valence-corrected chi connectivity index (χ4v) is 4.12. The molecule has 0 bridgehead atoms. The van der Waals surface area contributed by atoms with Crippen molar-refractivity contribution in [2.75, 3.05) is 31.5 Å². The Morgan fingerprint density at radius 1 is 1.14 bits per heavy atom. The molecule has 2 aromatic rings. The van der Waals surface area contributed by atoms with Crippen molar-refractivity contribution in [1.29, 1.82) is 0 Å². The van der Waals surface area contributed by atoms with Gasteiger partial charge in [-0.25, -0.2) is 0 Å². The number of benzene rings is 1. The van der Waals surface area contributed by atoms with Crippen molar-refractivity contribution in [3.63, 3.8) is 0 Å². The molecule has 1 aromatic heterocycles. The van der Waals surface area contributed by atoms with Crippen LogP contribution in [-0.2, 0) is 14.4 Å². The number of nitrogens with one attached hydrogen (secondary N) is 3. The maximum Gasteiger partial charge on any atom is 0.311 e. The van der Waals surface area contributed by atoms with Gasteiger partial charge in [-0.05, 0) is 56.8 Å². The quantitative estimate of drug-likeness (QED) is 0.213. The van der Waals surface area contributed by atoms with Crippen molar-refractivity contribution in [3.05, 3.63) is 46.3 Å². The SMILES string of the molecule is CCN(CC)CCNC(=O)c1c(C)[nH]c(/C=C2\C(=O)Nc3ccc(OC(=O)CCC(=O)O)cc32)c1C. The molecule has 1 aliphatic heterocycles. The zero-order valence-corrected chi connectivity index (χ0v) is 21.0. The molecular formula is C26H32N4O6. The Labute approximate surface area is 209 Å². The summed E-state index contributed by atoms with van der Waals surface area (Å²) in [6.07, 6.45) is 1.09. The first kappa shape index (κ1) is 26.7. The highest BCUT2D eigenvalue weighted by Crippen LogP contribution is 2.36. The Morgan fingerprint density at radius 2 is 1.86 bits per heavy atom. The van der Waals surface area contributed by atoms with Gasteiger partial charge in [0.1, 0.15) is 5.75 Å². The van der Waals surface area contributed by atoms with E-state index in [0.29, 0.717) is 40.3 Å². The van der Waals surface area contributed by atoms with E-state index in [9.17, 15) is 19.2 Å². The molecule has 0 aliphatic carbocycles. The van der Waals surface area contributed by atoms with E-state index >= 15 is 0 Å². The van der Waals surface area contributed by atoms with E-state index in [-0.39, 0.29) is 30.4 Å². The van der Waals surface area contributed by atoms with Crippen LogP contribution in [-0.4, -0.2) is 64.9 Å². The van der Waals surface area contributed by atoms with E-state index in [2.05, 4.69) is 34.4 Å². The molecule has 0 spiro atoms. The smallest absolute Gasteiger partial charge is 0.311 e. The highest BCUT2D eigenvalue weighted by molar-refractivity contribution is 6.35. The van der Waals surface area contributed by atoms with Crippen molar-refractivity contribution in [1.82, 2.24) is 15.2 Å². The second-order valence-corrected chi connectivity index (χ2v) is 8.53. The lowest BCUT2D eigenvalue weighted by Gasteiger charge is -2.18. The molecule has 192 valence electrons. The van der Waals surface area contributed by atoms with E-state index in [1.165, 1.54) is 6.07 Å². The monoisotopic (exact) mass is 496 g/mol. The Bertz CT molecular complexity index is 1210. The number of fused-ring (bicyclic) bond motifs is 1. The molecule has 4 N–H and O–H groups in total. The summed E-state index contributed by atoms with van der Waals surface area (Å²) in [5.41, 5.74) is 4.04. The highest BCUT2D eigenvalue weighted by Gasteiger charge is 2.26. The molecule has 2 amide bonds. The van der Waals surface area contributed by atoms with Crippen LogP contribution in [0, 0.1) is 13.8 Å². The molecular weight excluding hydrogens is 464 g/mol. The zero-order chi connectivity index (χ0) is 26.4. The molecule has 2 heterocycles. The largest absolute Gasteiger partial charge is 0.481 e. The minimum Gasteiger partial charge on any atom is -0.481 e. The number of anilines is 1. The maximum absolute atomic E-state index is 12.9. The number of nitrogens with zero attached hydrogens (tertiary/aromatic N) is 1. The van der Waals surface area contributed by atoms with Crippen LogP contribution in [0.15, 0.2) is 18.2 Å². The normalized spacial score (nSPS) is 13.6. The van der Waals surface area contributed by atoms with Crippen molar-refractivity contribution in [2.24, 2.45) is 0 Å². The molecule has 0 fully saturated rings. The number of H-pyrrole nitrogens is 1. The average molecular weight is 497 g/mol. The van der Waals surface area contributed by atoms with E-state index in [0.717, 1.165) is 25.2 Å². The number of hydrogen-bond acceptors (Lipinski definition) is 6. The van der Waals surface area contributed by atoms with Crippen LogP contribution in [0.2, 0.25) is 0 Å². The number of carboxylic acid groups (broad SMARTS) is 1. The number of aromatic nitrogens is 1. The molecule has 0 atom stereocenters. The number of carboxylic acids is 1. The summed E-state index contributed by atoms with van der Waals surface area (Å²) in [7, 11) is 0. The average Bonchev–Trinajstić information content (AvgIpc) is 3.29. The van der Waals surface area contributed by atoms with Crippen LogP contribution < -0.4 is 15.4 Å². The Kier molecular flexibility index (Phi) is 8.65. The van der Waals surface area contributed by atoms with Gasteiger partial charge in [0.2, 0.25) is 0 Å². The molecule has 36 heavy (non-hydrogen) atoms. The number of amides is 2. The third-order valence-corrected chi connectivity index (χ3v) is 6.15. The van der Waals surface area contributed by atoms with Crippen molar-refractivity contribution in [2.45, 2.75) is 40.5 Å². The fourth-order valence-electron chi connectivity index (χ4n) is 4.12. The van der Waals surface area contributed by atoms with Gasteiger partial charge in [-0.3, -0.25) is 19.2 Å². The van der Waals surface area contributed by atoms with Crippen LogP contribution in [0.5, 0.6) is 5.75 Å². The Morgan fingerprint density at radius 3 is 2.53 bits per heavy atom. The van der Waals surface area contributed by atoms with Crippen molar-refractivity contribution >= 4 is 41.1 Å². The molecule has 0 unspecified atom stereocenters. The highest BCUT2D eigenvalue weighted by atomic mass is 16.5. The number of rotatable bonds is 11. The zero-order valence-electron chi connectivity index (χ0n) is 21.0. The van der Waals surface area contributed by atoms with Gasteiger partial charge in [0.05, 0.1) is 24.0 Å². The predicted octanol–water partition coefficient (Wildman–Crippen LogP) is 2.97. The van der Waals surface area contributed by atoms with Crippen LogP contribution in [0.1, 0.15) is 59.6 Å². The van der Waals surface area contributed by atoms with Gasteiger partial charge in [0.25, 0.3) is 11.8 Å². The number of carbonyl (C=O) groups excluding carboxylic acids is 3. The number of esters is 1. The number of hydrogen-bond donors (Lipinski definition) is 4. The lowest BCUT2D eigenvalue weighted by molar-refractivity contribution is -0.142. The molecule has 3 rings (SSSR count). The van der Waals surface area contributed by atoms with E-state index in [4.69, 9.17) is 9.84 Å². The second-order valence-electron chi connectivity index (χ2n) is 8.53. The van der Waals surface area contributed by atoms with Crippen LogP contribution >= 0.6 is 0 Å². The van der Waals surface area contributed by atoms with Gasteiger partial charge >= 0.3 is 11.9 Å². The lowest BCUT2D eigenvalue weighted by atomic mass is 10.0. The van der Waals surface area contributed by atoms with Gasteiger partial charge < -0.3 is 30.4 Å². The molecule has 0 saturated heterocycles. The first-order chi connectivity index (χ1) is 17.1. The molecule has 1 aromatic carbocycles. The number of aromatic amines is 1. The van der Waals surface area contributed by atoms with Crippen molar-refractivity contribution in [3.8, 4) is 5.75 Å².